The van der Waals surface area contributed by atoms with Crippen molar-refractivity contribution in [3.05, 3.63) is 99.9 Å². The van der Waals surface area contributed by atoms with Crippen LogP contribution >= 0.6 is 62.3 Å². The predicted octanol–water partition coefficient (Wildman–Crippen LogP) is 9.61. The van der Waals surface area contributed by atoms with Crippen molar-refractivity contribution in [1.29, 1.82) is 5.41 Å². The predicted molar refractivity (Wildman–Crippen MR) is 277 cm³/mol. The molecule has 0 spiro atoms. The molecule has 0 unspecified atom stereocenters. The van der Waals surface area contributed by atoms with E-state index in [0.717, 1.165) is 37.8 Å². The number of amides is 3. The van der Waals surface area contributed by atoms with E-state index in [-0.39, 0.29) is 84.0 Å². The molecule has 20 nitrogen and oxygen atoms in total. The number of pyridine rings is 2. The molecule has 3 aromatic heterocycles. The summed E-state index contributed by atoms with van der Waals surface area (Å²) in [6.45, 7) is 4.75. The van der Waals surface area contributed by atoms with Crippen LogP contribution in [-0.4, -0.2) is 97.8 Å². The van der Waals surface area contributed by atoms with Crippen LogP contribution < -0.4 is 41.2 Å². The number of H-pyrrole nitrogens is 1. The molecule has 5 N–H and O–H groups in total. The number of carbonyl (C=O) groups is 2. The number of aromatic nitrogens is 5. The zero-order chi connectivity index (χ0) is 55.5. The van der Waals surface area contributed by atoms with Crippen LogP contribution in [0.25, 0.3) is 5.69 Å². The number of imide groups is 1. The second kappa shape index (κ2) is 27.7. The average Bonchev–Trinajstić information content (AvgIpc) is 4.26. The van der Waals surface area contributed by atoms with E-state index in [1.54, 1.807) is 17.1 Å². The van der Waals surface area contributed by atoms with Gasteiger partial charge in [-0.2, -0.15) is 9.78 Å². The lowest BCUT2D eigenvalue weighted by molar-refractivity contribution is -0.114. The Morgan fingerprint density at radius 2 is 1.21 bits per heavy atom. The molecule has 409 valence electrons. The number of ether oxygens (including phenoxy) is 4. The van der Waals surface area contributed by atoms with Gasteiger partial charge >= 0.3 is 11.7 Å². The van der Waals surface area contributed by atoms with Gasteiger partial charge in [0.1, 0.15) is 9.79 Å². The minimum Gasteiger partial charge on any atom is -0.491 e. The lowest BCUT2D eigenvalue weighted by Gasteiger charge is -2.15. The normalized spacial score (nSPS) is 13.1. The van der Waals surface area contributed by atoms with Crippen LogP contribution in [0.5, 0.6) is 34.8 Å². The molecule has 3 heterocycles. The van der Waals surface area contributed by atoms with Crippen LogP contribution in [0.4, 0.5) is 22.4 Å². The molecule has 7 rings (SSSR count). The number of primary amides is 1. The van der Waals surface area contributed by atoms with Crippen LogP contribution in [0.15, 0.2) is 72.6 Å². The van der Waals surface area contributed by atoms with Gasteiger partial charge in [-0.25, -0.2) is 54.0 Å². The number of sulfone groups is 2. The molecule has 0 aliphatic heterocycles. The number of benzene rings is 2. The summed E-state index contributed by atoms with van der Waals surface area (Å²) in [6, 6.07) is 6.89. The standard InChI is InChI=1S/C22H20Cl2F2N4O6S.C18H18BrCl2NO4S.C4H5F2N3O2.B/c1-2-3-6-35-15-10-27-17(9-16(15)37(33,34)12-4-5-12)36-19-13(23)7-11(8-14(19)24)30-22(32)28-21(31)18(29-30)20(25)26;1-2-3-6-25-15-10-22-17(9-16(15)27(23,24)12-4-5-12)26-18-13(20)7-11(19)8-14(18)21;5-2(6)1(7)3(10)9-4(8)11;/h7-10,12,20H,2-6H2,1H3,(H,28,31,32);7-10,12H,2-6H2,1H3;2,7H,(H3,8,9,10,11);. The van der Waals surface area contributed by atoms with Gasteiger partial charge in [-0.1, -0.05) is 89.0 Å². The van der Waals surface area contributed by atoms with Gasteiger partial charge in [-0.3, -0.25) is 25.3 Å². The van der Waals surface area contributed by atoms with E-state index < -0.39 is 72.4 Å². The van der Waals surface area contributed by atoms with E-state index in [2.05, 4.69) is 36.7 Å². The van der Waals surface area contributed by atoms with E-state index in [9.17, 15) is 53.6 Å². The molecule has 2 fully saturated rings. The molecule has 0 saturated heterocycles. The van der Waals surface area contributed by atoms with Gasteiger partial charge in [0.05, 0.1) is 61.9 Å². The molecule has 0 atom stereocenters. The summed E-state index contributed by atoms with van der Waals surface area (Å²) in [4.78, 5) is 53.9. The number of alkyl halides is 4. The van der Waals surface area contributed by atoms with Crippen LogP contribution in [0, 0.1) is 5.41 Å². The lowest BCUT2D eigenvalue weighted by atomic mass is 10.3. The Balaban J connectivity index is 0.000000280. The van der Waals surface area contributed by atoms with Gasteiger partial charge in [0, 0.05) is 25.0 Å². The highest BCUT2D eigenvalue weighted by Crippen LogP contribution is 2.44. The first-order chi connectivity index (χ1) is 35.3. The Morgan fingerprint density at radius 1 is 0.789 bits per heavy atom. The Kier molecular flexibility index (Phi) is 23.0. The summed E-state index contributed by atoms with van der Waals surface area (Å²) < 4.78 is 125. The van der Waals surface area contributed by atoms with Crippen LogP contribution in [0.2, 0.25) is 20.1 Å². The number of halogens is 9. The van der Waals surface area contributed by atoms with Crippen molar-refractivity contribution < 1.29 is 62.9 Å². The largest absolute Gasteiger partial charge is 0.491 e. The van der Waals surface area contributed by atoms with Crippen LogP contribution in [-0.2, 0) is 24.5 Å². The molecule has 2 aliphatic rings. The van der Waals surface area contributed by atoms with Crippen molar-refractivity contribution >= 4 is 108 Å². The fraction of sp³-hybridized carbons (Fsp3) is 0.364. The highest BCUT2D eigenvalue weighted by atomic mass is 79.9. The van der Waals surface area contributed by atoms with E-state index in [1.165, 1.54) is 29.8 Å². The number of aromatic amines is 1. The zero-order valence-corrected chi connectivity index (χ0v) is 45.8. The first kappa shape index (κ1) is 63.0. The maximum atomic E-state index is 13.1. The van der Waals surface area contributed by atoms with Crippen molar-refractivity contribution in [3.8, 4) is 40.4 Å². The highest BCUT2D eigenvalue weighted by Gasteiger charge is 2.40. The van der Waals surface area contributed by atoms with Gasteiger partial charge < -0.3 is 24.7 Å². The maximum absolute atomic E-state index is 13.1. The van der Waals surface area contributed by atoms with Crippen LogP contribution in [0.1, 0.15) is 77.3 Å². The third-order valence-electron chi connectivity index (χ3n) is 10.0. The second-order valence-corrected chi connectivity index (χ2v) is 22.8. The minimum absolute atomic E-state index is 0. The third-order valence-corrected chi connectivity index (χ3v) is 16.2. The first-order valence-corrected chi connectivity index (χ1v) is 27.4. The summed E-state index contributed by atoms with van der Waals surface area (Å²) in [5.74, 6) is -1.10. The quantitative estimate of drug-likeness (QED) is 0.0244. The average molecular weight is 1250 g/mol. The molecular weight excluding hydrogens is 1210 g/mol. The summed E-state index contributed by atoms with van der Waals surface area (Å²) in [7, 11) is -7.17. The molecule has 3 amide bonds. The molecule has 2 saturated carbocycles. The number of rotatable bonds is 20. The summed E-state index contributed by atoms with van der Waals surface area (Å²) in [5, 5.41) is 10.4. The van der Waals surface area contributed by atoms with Crippen LogP contribution in [0.3, 0.4) is 0 Å². The summed E-state index contributed by atoms with van der Waals surface area (Å²) in [5.41, 5.74) is -0.771. The zero-order valence-electron chi connectivity index (χ0n) is 39.6. The molecule has 3 radical (unpaired) electrons. The van der Waals surface area contributed by atoms with E-state index in [1.807, 2.05) is 13.8 Å². The second-order valence-electron chi connectivity index (χ2n) is 15.9. The number of urea groups is 1. The summed E-state index contributed by atoms with van der Waals surface area (Å²) in [6.07, 6.45) is 1.93. The molecule has 32 heteroatoms. The lowest BCUT2D eigenvalue weighted by Crippen LogP contribution is -2.41. The monoisotopic (exact) mass is 1250 g/mol. The smallest absolute Gasteiger partial charge is 0.349 e. The maximum Gasteiger partial charge on any atom is 0.349 e. The van der Waals surface area contributed by atoms with Gasteiger partial charge in [-0.15, -0.1) is 0 Å². The number of nitrogens with zero attached hydrogens (tertiary/aromatic N) is 4. The summed E-state index contributed by atoms with van der Waals surface area (Å²) >= 11 is 28.2. The van der Waals surface area contributed by atoms with Gasteiger partial charge in [-0.05, 0) is 62.8 Å². The molecule has 76 heavy (non-hydrogen) atoms. The van der Waals surface area contributed by atoms with Gasteiger partial charge in [0.25, 0.3) is 24.3 Å². The number of carbonyl (C=O) groups excluding carboxylic acids is 2. The van der Waals surface area contributed by atoms with Crippen molar-refractivity contribution in [2.24, 2.45) is 5.73 Å². The Bertz CT molecular complexity index is 3260. The number of nitrogens with one attached hydrogen (secondary N) is 3. The molecule has 0 bridgehead atoms. The van der Waals surface area contributed by atoms with Crippen molar-refractivity contribution in [2.45, 2.75) is 98.4 Å². The molecule has 2 aliphatic carbocycles. The SMILES string of the molecule is CCCCOc1cnc(Oc2c(Cl)cc(-n3nc(C(F)F)c(=O)[nH]c3=O)cc2Cl)cc1S(=O)(=O)C1CC1.CCCCOc1cnc(Oc2c(Cl)cc(Br)cc2Cl)cc1S(=O)(=O)C1CC1.N=C(C(=O)NC(N)=O)C(F)F.[B]. The molecular formula is C44H43BBrCl4F4N8O12S2. The fourth-order valence-corrected chi connectivity index (χ4v) is 11.3. The Labute approximate surface area is 461 Å². The Morgan fingerprint density at radius 3 is 1.58 bits per heavy atom. The number of hydrogen-bond acceptors (Lipinski definition) is 16. The van der Waals surface area contributed by atoms with Crippen molar-refractivity contribution in [3.63, 3.8) is 0 Å². The number of unbranched alkanes of at least 4 members (excludes halogenated alkanes) is 2. The number of hydrogen-bond donors (Lipinski definition) is 4. The highest BCUT2D eigenvalue weighted by molar-refractivity contribution is 9.10. The van der Waals surface area contributed by atoms with Crippen molar-refractivity contribution in [2.75, 3.05) is 13.2 Å². The topological polar surface area (TPSA) is 295 Å². The Hall–Kier alpha value is -5.52. The molecule has 2 aromatic carbocycles. The van der Waals surface area contributed by atoms with E-state index in [4.69, 9.17) is 70.8 Å². The first-order valence-electron chi connectivity index (χ1n) is 22.0. The molecule has 5 aromatic rings. The minimum atomic E-state index is -3.68. The van der Waals surface area contributed by atoms with Gasteiger partial charge in [0.2, 0.25) is 11.8 Å². The van der Waals surface area contributed by atoms with Gasteiger partial charge in [0.15, 0.2) is 54.1 Å². The van der Waals surface area contributed by atoms with E-state index in [0.29, 0.717) is 48.1 Å². The van der Waals surface area contributed by atoms with E-state index >= 15 is 0 Å². The van der Waals surface area contributed by atoms with Crippen molar-refractivity contribution in [1.82, 2.24) is 30.0 Å². The third kappa shape index (κ3) is 16.7. The fourth-order valence-electron chi connectivity index (χ4n) is 5.97. The number of nitrogens with two attached hydrogens (primary N) is 1.